The molecule has 0 aliphatic rings. The molecule has 0 fully saturated rings. The Labute approximate surface area is 192 Å². The Morgan fingerprint density at radius 3 is 2.57 bits per heavy atom. The summed E-state index contributed by atoms with van der Waals surface area (Å²) >= 11 is 5.15. The largest absolute Gasteiger partial charge is 0.354 e. The molecule has 162 valence electrons. The molecule has 2 amide bonds. The summed E-state index contributed by atoms with van der Waals surface area (Å²) in [5.74, 6) is 0.576. The molecule has 0 saturated heterocycles. The van der Waals surface area contributed by atoms with E-state index in [-0.39, 0.29) is 11.8 Å². The van der Waals surface area contributed by atoms with Crippen molar-refractivity contribution < 1.29 is 9.59 Å². The van der Waals surface area contributed by atoms with Crippen molar-refractivity contribution in [3.8, 4) is 0 Å². The Morgan fingerprint density at radius 1 is 1.17 bits per heavy atom. The van der Waals surface area contributed by atoms with Crippen LogP contribution >= 0.6 is 27.7 Å². The second-order valence-corrected chi connectivity index (χ2v) is 9.47. The standard InChI is InChI=1S/C24H31BrN2O2S/c1-4-5-14-26-24(29)19(3)27(17-20-7-6-8-21(25)16-20)23(28)13-15-30-22-11-9-18(2)10-12-22/h6-12,16,19H,4-5,13-15,17H2,1-3H3,(H,26,29). The lowest BCUT2D eigenvalue weighted by atomic mass is 10.1. The van der Waals surface area contributed by atoms with Gasteiger partial charge in [-0.1, -0.05) is 59.1 Å². The summed E-state index contributed by atoms with van der Waals surface area (Å²) in [5, 5.41) is 2.96. The van der Waals surface area contributed by atoms with Gasteiger partial charge < -0.3 is 10.2 Å². The first-order valence-corrected chi connectivity index (χ1v) is 12.2. The molecule has 0 bridgehead atoms. The third kappa shape index (κ3) is 8.15. The maximum Gasteiger partial charge on any atom is 0.242 e. The average molecular weight is 491 g/mol. The van der Waals surface area contributed by atoms with Crippen LogP contribution in [0.2, 0.25) is 0 Å². The van der Waals surface area contributed by atoms with E-state index in [2.05, 4.69) is 59.4 Å². The molecular weight excluding hydrogens is 460 g/mol. The van der Waals surface area contributed by atoms with Gasteiger partial charge in [0.25, 0.3) is 0 Å². The zero-order chi connectivity index (χ0) is 21.9. The van der Waals surface area contributed by atoms with Gasteiger partial charge in [0.2, 0.25) is 11.8 Å². The summed E-state index contributed by atoms with van der Waals surface area (Å²) in [6.07, 6.45) is 2.34. The number of nitrogens with zero attached hydrogens (tertiary/aromatic N) is 1. The maximum atomic E-state index is 13.1. The SMILES string of the molecule is CCCCNC(=O)C(C)N(Cc1cccc(Br)c1)C(=O)CCSc1ccc(C)cc1. The number of carbonyl (C=O) groups excluding carboxylic acids is 2. The first-order valence-electron chi connectivity index (χ1n) is 10.4. The van der Waals surface area contributed by atoms with Gasteiger partial charge in [-0.2, -0.15) is 0 Å². The van der Waals surface area contributed by atoms with Gasteiger partial charge in [0.05, 0.1) is 0 Å². The first kappa shape index (κ1) is 24.5. The molecule has 0 saturated carbocycles. The van der Waals surface area contributed by atoms with E-state index in [0.29, 0.717) is 25.3 Å². The summed E-state index contributed by atoms with van der Waals surface area (Å²) in [5.41, 5.74) is 2.22. The third-order valence-electron chi connectivity index (χ3n) is 4.84. The number of nitrogens with one attached hydrogen (secondary N) is 1. The Bertz CT molecular complexity index is 826. The number of unbranched alkanes of at least 4 members (excludes halogenated alkanes) is 1. The van der Waals surface area contributed by atoms with E-state index in [1.54, 1.807) is 16.7 Å². The topological polar surface area (TPSA) is 49.4 Å². The van der Waals surface area contributed by atoms with E-state index in [4.69, 9.17) is 0 Å². The number of amides is 2. The van der Waals surface area contributed by atoms with Crippen molar-refractivity contribution in [2.45, 2.75) is 57.5 Å². The highest BCUT2D eigenvalue weighted by Crippen LogP contribution is 2.21. The van der Waals surface area contributed by atoms with Crippen molar-refractivity contribution in [2.24, 2.45) is 0 Å². The quantitative estimate of drug-likeness (QED) is 0.330. The summed E-state index contributed by atoms with van der Waals surface area (Å²) in [6, 6.07) is 15.7. The molecular formula is C24H31BrN2O2S. The molecule has 1 unspecified atom stereocenters. The van der Waals surface area contributed by atoms with Crippen LogP contribution in [0.4, 0.5) is 0 Å². The van der Waals surface area contributed by atoms with Crippen LogP contribution in [-0.2, 0) is 16.1 Å². The van der Waals surface area contributed by atoms with Gasteiger partial charge in [-0.25, -0.2) is 0 Å². The molecule has 30 heavy (non-hydrogen) atoms. The predicted octanol–water partition coefficient (Wildman–Crippen LogP) is 5.57. The number of benzene rings is 2. The summed E-state index contributed by atoms with van der Waals surface area (Å²) in [6.45, 7) is 7.01. The van der Waals surface area contributed by atoms with Crippen molar-refractivity contribution in [3.63, 3.8) is 0 Å². The number of hydrogen-bond acceptors (Lipinski definition) is 3. The minimum atomic E-state index is -0.516. The Morgan fingerprint density at radius 2 is 1.90 bits per heavy atom. The van der Waals surface area contributed by atoms with E-state index in [1.807, 2.05) is 31.2 Å². The smallest absolute Gasteiger partial charge is 0.242 e. The summed E-state index contributed by atoms with van der Waals surface area (Å²) in [4.78, 5) is 28.5. The first-order chi connectivity index (χ1) is 14.4. The Kier molecular flexibility index (Phi) is 10.4. The zero-order valence-corrected chi connectivity index (χ0v) is 20.4. The highest BCUT2D eigenvalue weighted by Gasteiger charge is 2.25. The number of halogens is 1. The molecule has 1 atom stereocenters. The van der Waals surface area contributed by atoms with Crippen LogP contribution in [0.15, 0.2) is 57.9 Å². The van der Waals surface area contributed by atoms with E-state index in [1.165, 1.54) is 5.56 Å². The van der Waals surface area contributed by atoms with Crippen molar-refractivity contribution in [3.05, 3.63) is 64.1 Å². The number of carbonyl (C=O) groups is 2. The van der Waals surface area contributed by atoms with Crippen molar-refractivity contribution >= 4 is 39.5 Å². The van der Waals surface area contributed by atoms with Gasteiger partial charge >= 0.3 is 0 Å². The molecule has 1 N–H and O–H groups in total. The second-order valence-electron chi connectivity index (χ2n) is 7.38. The molecule has 0 radical (unpaired) electrons. The fraction of sp³-hybridized carbons (Fsp3) is 0.417. The normalized spacial score (nSPS) is 11.7. The van der Waals surface area contributed by atoms with Gasteiger partial charge in [-0.15, -0.1) is 11.8 Å². The van der Waals surface area contributed by atoms with Crippen LogP contribution in [0.1, 0.15) is 44.2 Å². The van der Waals surface area contributed by atoms with Gasteiger partial charge in [-0.3, -0.25) is 9.59 Å². The maximum absolute atomic E-state index is 13.1. The molecule has 6 heteroatoms. The highest BCUT2D eigenvalue weighted by molar-refractivity contribution is 9.10. The Hall–Kier alpha value is -1.79. The molecule has 0 spiro atoms. The van der Waals surface area contributed by atoms with Crippen LogP contribution in [0.25, 0.3) is 0 Å². The van der Waals surface area contributed by atoms with Crippen molar-refractivity contribution in [1.29, 1.82) is 0 Å². The fourth-order valence-electron chi connectivity index (χ4n) is 2.99. The summed E-state index contributed by atoms with van der Waals surface area (Å²) in [7, 11) is 0. The van der Waals surface area contributed by atoms with Gasteiger partial charge in [0, 0.05) is 34.6 Å². The van der Waals surface area contributed by atoms with Crippen LogP contribution in [-0.4, -0.2) is 35.1 Å². The van der Waals surface area contributed by atoms with Gasteiger partial charge in [0.1, 0.15) is 6.04 Å². The lowest BCUT2D eigenvalue weighted by molar-refractivity contribution is -0.140. The number of rotatable bonds is 11. The fourth-order valence-corrected chi connectivity index (χ4v) is 4.27. The number of thioether (sulfide) groups is 1. The van der Waals surface area contributed by atoms with E-state index in [9.17, 15) is 9.59 Å². The molecule has 2 rings (SSSR count). The monoisotopic (exact) mass is 490 g/mol. The van der Waals surface area contributed by atoms with Crippen LogP contribution < -0.4 is 5.32 Å². The van der Waals surface area contributed by atoms with Crippen LogP contribution in [0, 0.1) is 6.92 Å². The minimum absolute atomic E-state index is 0.00673. The van der Waals surface area contributed by atoms with Gasteiger partial charge in [-0.05, 0) is 50.1 Å². The molecule has 2 aromatic rings. The van der Waals surface area contributed by atoms with E-state index in [0.717, 1.165) is 27.8 Å². The second kappa shape index (κ2) is 12.8. The predicted molar refractivity (Wildman–Crippen MR) is 129 cm³/mol. The summed E-state index contributed by atoms with van der Waals surface area (Å²) < 4.78 is 0.961. The molecule has 0 heterocycles. The minimum Gasteiger partial charge on any atom is -0.354 e. The van der Waals surface area contributed by atoms with Gasteiger partial charge in [0.15, 0.2) is 0 Å². The molecule has 2 aromatic carbocycles. The average Bonchev–Trinajstić information content (AvgIpc) is 2.73. The molecule has 0 aliphatic heterocycles. The lowest BCUT2D eigenvalue weighted by Gasteiger charge is -2.29. The third-order valence-corrected chi connectivity index (χ3v) is 6.35. The Balaban J connectivity index is 2.03. The number of aryl methyl sites for hydroxylation is 1. The molecule has 4 nitrogen and oxygen atoms in total. The van der Waals surface area contributed by atoms with Crippen LogP contribution in [0.3, 0.4) is 0 Å². The molecule has 0 aliphatic carbocycles. The van der Waals surface area contributed by atoms with Crippen molar-refractivity contribution in [1.82, 2.24) is 10.2 Å². The number of hydrogen-bond donors (Lipinski definition) is 1. The molecule has 0 aromatic heterocycles. The van der Waals surface area contributed by atoms with Crippen molar-refractivity contribution in [2.75, 3.05) is 12.3 Å². The zero-order valence-electron chi connectivity index (χ0n) is 18.0. The lowest BCUT2D eigenvalue weighted by Crippen LogP contribution is -2.47. The highest BCUT2D eigenvalue weighted by atomic mass is 79.9. The van der Waals surface area contributed by atoms with E-state index < -0.39 is 6.04 Å². The van der Waals surface area contributed by atoms with E-state index >= 15 is 0 Å². The van der Waals surface area contributed by atoms with Crippen LogP contribution in [0.5, 0.6) is 0 Å².